The Morgan fingerprint density at radius 2 is 1.69 bits per heavy atom. The topological polar surface area (TPSA) is 41.1 Å². The molecule has 2 heterocycles. The van der Waals surface area contributed by atoms with E-state index in [-0.39, 0.29) is 5.91 Å². The maximum Gasteiger partial charge on any atom is 0.220 e. The summed E-state index contributed by atoms with van der Waals surface area (Å²) in [5, 5.41) is 6.34. The minimum atomic E-state index is 0.246. The highest BCUT2D eigenvalue weighted by molar-refractivity contribution is 5.76. The third-order valence-corrected chi connectivity index (χ3v) is 3.52. The van der Waals surface area contributed by atoms with Crippen molar-refractivity contribution >= 4 is 5.91 Å². The van der Waals surface area contributed by atoms with Crippen LogP contribution in [0.2, 0.25) is 0 Å². The van der Waals surface area contributed by atoms with E-state index in [1.54, 1.807) is 0 Å². The highest BCUT2D eigenvalue weighted by atomic mass is 16.1. The molecule has 2 fully saturated rings. The van der Waals surface area contributed by atoms with E-state index in [1.165, 1.54) is 19.3 Å². The van der Waals surface area contributed by atoms with Crippen LogP contribution in [-0.4, -0.2) is 25.5 Å². The maximum atomic E-state index is 11.2. The predicted molar refractivity (Wildman–Crippen MR) is 51.4 cm³/mol. The molecule has 74 valence electrons. The largest absolute Gasteiger partial charge is 0.356 e. The smallest absolute Gasteiger partial charge is 0.220 e. The van der Waals surface area contributed by atoms with Gasteiger partial charge >= 0.3 is 0 Å². The number of nitrogens with one attached hydrogen (secondary N) is 2. The van der Waals surface area contributed by atoms with Gasteiger partial charge in [-0.2, -0.15) is 0 Å². The number of hydrogen-bond donors (Lipinski definition) is 2. The molecule has 0 saturated carbocycles. The van der Waals surface area contributed by atoms with Crippen LogP contribution >= 0.6 is 0 Å². The van der Waals surface area contributed by atoms with Gasteiger partial charge < -0.3 is 10.6 Å². The van der Waals surface area contributed by atoms with Crippen LogP contribution in [0.3, 0.4) is 0 Å². The van der Waals surface area contributed by atoms with Crippen LogP contribution in [0.25, 0.3) is 0 Å². The van der Waals surface area contributed by atoms with Crippen LogP contribution in [0.5, 0.6) is 0 Å². The zero-order valence-electron chi connectivity index (χ0n) is 8.07. The summed E-state index contributed by atoms with van der Waals surface area (Å²) >= 11 is 0. The van der Waals surface area contributed by atoms with Crippen LogP contribution in [-0.2, 0) is 4.79 Å². The number of carbonyl (C=O) groups excluding carboxylic acids is 1. The lowest BCUT2D eigenvalue weighted by atomic mass is 9.73. The molecule has 0 aromatic rings. The van der Waals surface area contributed by atoms with Gasteiger partial charge in [0.05, 0.1) is 0 Å². The lowest BCUT2D eigenvalue weighted by molar-refractivity contribution is -0.120. The van der Waals surface area contributed by atoms with Crippen molar-refractivity contribution in [3.05, 3.63) is 0 Å². The molecule has 2 saturated heterocycles. The molecule has 0 bridgehead atoms. The summed E-state index contributed by atoms with van der Waals surface area (Å²) in [6.45, 7) is 3.15. The molecule has 0 unspecified atom stereocenters. The van der Waals surface area contributed by atoms with Gasteiger partial charge in [0.25, 0.3) is 0 Å². The fourth-order valence-corrected chi connectivity index (χ4v) is 2.52. The molecule has 0 aromatic carbocycles. The van der Waals surface area contributed by atoms with Crippen molar-refractivity contribution in [3.63, 3.8) is 0 Å². The first-order valence-corrected chi connectivity index (χ1v) is 5.28. The van der Waals surface area contributed by atoms with E-state index in [1.807, 2.05) is 0 Å². The molecule has 3 heteroatoms. The molecule has 2 aliphatic heterocycles. The van der Waals surface area contributed by atoms with E-state index in [2.05, 4.69) is 10.6 Å². The predicted octanol–water partition coefficient (Wildman–Crippen LogP) is 0.656. The van der Waals surface area contributed by atoms with Crippen molar-refractivity contribution in [3.8, 4) is 0 Å². The Kier molecular flexibility index (Phi) is 2.54. The number of piperidine rings is 1. The summed E-state index contributed by atoms with van der Waals surface area (Å²) in [7, 11) is 0. The Balaban J connectivity index is 1.99. The van der Waals surface area contributed by atoms with Crippen LogP contribution in [0.1, 0.15) is 32.1 Å². The third kappa shape index (κ3) is 2.02. The van der Waals surface area contributed by atoms with Gasteiger partial charge in [-0.25, -0.2) is 0 Å². The Labute approximate surface area is 79.3 Å². The number of carbonyl (C=O) groups is 1. The first-order chi connectivity index (χ1) is 6.31. The second kappa shape index (κ2) is 3.66. The van der Waals surface area contributed by atoms with Gasteiger partial charge in [0.15, 0.2) is 0 Å². The van der Waals surface area contributed by atoms with E-state index < -0.39 is 0 Å². The summed E-state index contributed by atoms with van der Waals surface area (Å²) in [5.74, 6) is 0.246. The molecule has 1 spiro atoms. The van der Waals surface area contributed by atoms with Crippen molar-refractivity contribution in [2.45, 2.75) is 32.1 Å². The van der Waals surface area contributed by atoms with Gasteiger partial charge in [-0.15, -0.1) is 0 Å². The van der Waals surface area contributed by atoms with E-state index >= 15 is 0 Å². The van der Waals surface area contributed by atoms with Gasteiger partial charge in [-0.3, -0.25) is 4.79 Å². The summed E-state index contributed by atoms with van der Waals surface area (Å²) in [6.07, 6.45) is 5.52. The average molecular weight is 182 g/mol. The lowest BCUT2D eigenvalue weighted by Gasteiger charge is -2.36. The first kappa shape index (κ1) is 9.00. The Morgan fingerprint density at radius 3 is 2.46 bits per heavy atom. The fraction of sp³-hybridized carbons (Fsp3) is 0.900. The average Bonchev–Trinajstić information content (AvgIpc) is 2.32. The highest BCUT2D eigenvalue weighted by Gasteiger charge is 2.33. The lowest BCUT2D eigenvalue weighted by Crippen LogP contribution is -2.37. The first-order valence-electron chi connectivity index (χ1n) is 5.28. The minimum Gasteiger partial charge on any atom is -0.356 e. The van der Waals surface area contributed by atoms with Crippen molar-refractivity contribution in [2.75, 3.05) is 19.6 Å². The molecule has 2 rings (SSSR count). The summed E-state index contributed by atoms with van der Waals surface area (Å²) < 4.78 is 0. The van der Waals surface area contributed by atoms with E-state index in [9.17, 15) is 4.79 Å². The van der Waals surface area contributed by atoms with Gasteiger partial charge in [-0.1, -0.05) is 0 Å². The van der Waals surface area contributed by atoms with Crippen LogP contribution in [0, 0.1) is 5.41 Å². The quantitative estimate of drug-likeness (QED) is 0.577. The Bertz CT molecular complexity index is 197. The normalized spacial score (nSPS) is 28.2. The molecule has 0 atom stereocenters. The number of hydrogen-bond acceptors (Lipinski definition) is 2. The monoisotopic (exact) mass is 182 g/mol. The molecule has 0 aromatic heterocycles. The molecular formula is C10H18N2O. The van der Waals surface area contributed by atoms with E-state index in [0.717, 1.165) is 32.5 Å². The van der Waals surface area contributed by atoms with Crippen molar-refractivity contribution in [1.29, 1.82) is 0 Å². The highest BCUT2D eigenvalue weighted by Crippen LogP contribution is 2.38. The molecule has 2 N–H and O–H groups in total. The molecule has 0 radical (unpaired) electrons. The second-order valence-electron chi connectivity index (χ2n) is 4.35. The maximum absolute atomic E-state index is 11.2. The van der Waals surface area contributed by atoms with Gasteiger partial charge in [0.1, 0.15) is 0 Å². The van der Waals surface area contributed by atoms with Crippen molar-refractivity contribution in [1.82, 2.24) is 10.6 Å². The van der Waals surface area contributed by atoms with E-state index in [0.29, 0.717) is 5.41 Å². The van der Waals surface area contributed by atoms with Crippen molar-refractivity contribution < 1.29 is 4.79 Å². The Morgan fingerprint density at radius 1 is 1.00 bits per heavy atom. The second-order valence-corrected chi connectivity index (χ2v) is 4.35. The molecular weight excluding hydrogens is 164 g/mol. The van der Waals surface area contributed by atoms with Gasteiger partial charge in [0.2, 0.25) is 5.91 Å². The number of rotatable bonds is 0. The van der Waals surface area contributed by atoms with Crippen molar-refractivity contribution in [2.24, 2.45) is 5.41 Å². The summed E-state index contributed by atoms with van der Waals surface area (Å²) in [5.41, 5.74) is 0.477. The van der Waals surface area contributed by atoms with Gasteiger partial charge in [-0.05, 0) is 44.2 Å². The SMILES string of the molecule is O=C1CCC2(CCNCC2)CCN1. The summed E-state index contributed by atoms with van der Waals surface area (Å²) in [4.78, 5) is 11.2. The zero-order valence-corrected chi connectivity index (χ0v) is 8.07. The van der Waals surface area contributed by atoms with E-state index in [4.69, 9.17) is 0 Å². The molecule has 13 heavy (non-hydrogen) atoms. The zero-order chi connectivity index (χ0) is 9.15. The standard InChI is InChI=1S/C10H18N2O/c13-9-1-2-10(5-8-12-9)3-6-11-7-4-10/h11H,1-8H2,(H,12,13). The Hall–Kier alpha value is -0.570. The molecule has 1 amide bonds. The van der Waals surface area contributed by atoms with Crippen LogP contribution in [0.15, 0.2) is 0 Å². The third-order valence-electron chi connectivity index (χ3n) is 3.52. The van der Waals surface area contributed by atoms with Crippen LogP contribution < -0.4 is 10.6 Å². The van der Waals surface area contributed by atoms with Crippen LogP contribution in [0.4, 0.5) is 0 Å². The number of amides is 1. The van der Waals surface area contributed by atoms with Gasteiger partial charge in [0, 0.05) is 13.0 Å². The minimum absolute atomic E-state index is 0.246. The summed E-state index contributed by atoms with van der Waals surface area (Å²) in [6, 6.07) is 0. The molecule has 0 aliphatic carbocycles. The molecule has 3 nitrogen and oxygen atoms in total. The molecule has 2 aliphatic rings. The fourth-order valence-electron chi connectivity index (χ4n) is 2.52.